The lowest BCUT2D eigenvalue weighted by atomic mass is 10.0. The Morgan fingerprint density at radius 1 is 1.10 bits per heavy atom. The highest BCUT2D eigenvalue weighted by Crippen LogP contribution is 2.11. The second kappa shape index (κ2) is 8.67. The maximum atomic E-state index is 12.0. The van der Waals surface area contributed by atoms with Crippen molar-refractivity contribution in [2.45, 2.75) is 12.5 Å². The minimum atomic E-state index is -0.507. The third kappa shape index (κ3) is 5.76. The van der Waals surface area contributed by atoms with Gasteiger partial charge in [0.1, 0.15) is 0 Å². The van der Waals surface area contributed by atoms with Crippen molar-refractivity contribution < 1.29 is 4.79 Å². The molecule has 0 spiro atoms. The van der Waals surface area contributed by atoms with Crippen LogP contribution in [0.4, 0.5) is 5.69 Å². The summed E-state index contributed by atoms with van der Waals surface area (Å²) >= 11 is 5.82. The summed E-state index contributed by atoms with van der Waals surface area (Å²) in [5.41, 5.74) is 7.85. The quantitative estimate of drug-likeness (QED) is 0.857. The summed E-state index contributed by atoms with van der Waals surface area (Å²) in [5.74, 6) is -0.0104. The number of anilines is 1. The summed E-state index contributed by atoms with van der Waals surface area (Å²) in [4.78, 5) is 12.0. The number of Topliss-reactive ketones (excluding diaryl/α,β-unsaturated/α-hetero) is 1. The minimum absolute atomic E-state index is 0. The molecule has 3 nitrogen and oxygen atoms in total. The summed E-state index contributed by atoms with van der Waals surface area (Å²) in [6.45, 7) is 0.235. The standard InChI is InChI=1S/C16H17ClN2O.ClH/c17-13-8-6-12(7-9-13)10-15(18)16(20)11-19-14-4-2-1-3-5-14;/h1-9,15,19H,10-11,18H2;1H. The number of halogens is 2. The largest absolute Gasteiger partial charge is 0.378 e. The van der Waals surface area contributed by atoms with Gasteiger partial charge in [0.25, 0.3) is 0 Å². The van der Waals surface area contributed by atoms with Crippen molar-refractivity contribution in [1.29, 1.82) is 0 Å². The zero-order valence-corrected chi connectivity index (χ0v) is 13.0. The molecule has 21 heavy (non-hydrogen) atoms. The van der Waals surface area contributed by atoms with E-state index < -0.39 is 6.04 Å². The lowest BCUT2D eigenvalue weighted by molar-refractivity contribution is -0.118. The van der Waals surface area contributed by atoms with Crippen LogP contribution in [0.5, 0.6) is 0 Å². The smallest absolute Gasteiger partial charge is 0.168 e. The van der Waals surface area contributed by atoms with Crippen molar-refractivity contribution in [3.8, 4) is 0 Å². The van der Waals surface area contributed by atoms with Crippen molar-refractivity contribution in [3.05, 3.63) is 65.2 Å². The molecule has 2 aromatic rings. The van der Waals surface area contributed by atoms with Gasteiger partial charge in [-0.15, -0.1) is 12.4 Å². The average molecular weight is 325 g/mol. The Balaban J connectivity index is 0.00000220. The molecule has 0 heterocycles. The first kappa shape index (κ1) is 17.5. The van der Waals surface area contributed by atoms with Crippen LogP contribution in [0.15, 0.2) is 54.6 Å². The van der Waals surface area contributed by atoms with Gasteiger partial charge in [0.05, 0.1) is 12.6 Å². The van der Waals surface area contributed by atoms with E-state index in [1.807, 2.05) is 42.5 Å². The molecule has 0 saturated heterocycles. The van der Waals surface area contributed by atoms with Crippen LogP contribution < -0.4 is 11.1 Å². The number of rotatable bonds is 6. The van der Waals surface area contributed by atoms with E-state index in [0.717, 1.165) is 11.3 Å². The second-order valence-corrected chi connectivity index (χ2v) is 5.06. The summed E-state index contributed by atoms with van der Waals surface area (Å²) in [7, 11) is 0. The number of para-hydroxylation sites is 1. The topological polar surface area (TPSA) is 55.1 Å². The zero-order chi connectivity index (χ0) is 14.4. The van der Waals surface area contributed by atoms with Gasteiger partial charge in [-0.25, -0.2) is 0 Å². The Labute approximate surface area is 135 Å². The van der Waals surface area contributed by atoms with E-state index >= 15 is 0 Å². The van der Waals surface area contributed by atoms with Crippen LogP contribution in [0.3, 0.4) is 0 Å². The van der Waals surface area contributed by atoms with E-state index in [4.69, 9.17) is 17.3 Å². The first-order valence-corrected chi connectivity index (χ1v) is 6.84. The van der Waals surface area contributed by atoms with Crippen LogP contribution >= 0.6 is 24.0 Å². The van der Waals surface area contributed by atoms with Crippen molar-refractivity contribution in [2.24, 2.45) is 5.73 Å². The maximum absolute atomic E-state index is 12.0. The minimum Gasteiger partial charge on any atom is -0.378 e. The Kier molecular flexibility index (Phi) is 7.23. The van der Waals surface area contributed by atoms with E-state index in [2.05, 4.69) is 5.32 Å². The molecule has 0 saturated carbocycles. The number of hydrogen-bond acceptors (Lipinski definition) is 3. The highest BCUT2D eigenvalue weighted by Gasteiger charge is 2.13. The van der Waals surface area contributed by atoms with E-state index in [9.17, 15) is 4.79 Å². The molecule has 0 aromatic heterocycles. The summed E-state index contributed by atoms with van der Waals surface area (Å²) < 4.78 is 0. The van der Waals surface area contributed by atoms with Crippen LogP contribution in [0.2, 0.25) is 5.02 Å². The van der Waals surface area contributed by atoms with Gasteiger partial charge in [0.2, 0.25) is 0 Å². The van der Waals surface area contributed by atoms with Gasteiger partial charge in [-0.1, -0.05) is 41.9 Å². The molecule has 0 bridgehead atoms. The zero-order valence-electron chi connectivity index (χ0n) is 11.5. The van der Waals surface area contributed by atoms with Gasteiger partial charge in [-0.05, 0) is 36.2 Å². The third-order valence-corrected chi connectivity index (χ3v) is 3.27. The second-order valence-electron chi connectivity index (χ2n) is 4.62. The van der Waals surface area contributed by atoms with Crippen molar-refractivity contribution >= 4 is 35.5 Å². The van der Waals surface area contributed by atoms with Crippen LogP contribution in [-0.4, -0.2) is 18.4 Å². The molecular formula is C16H18Cl2N2O. The highest BCUT2D eigenvalue weighted by atomic mass is 35.5. The molecule has 0 amide bonds. The number of benzene rings is 2. The van der Waals surface area contributed by atoms with Crippen LogP contribution in [0.25, 0.3) is 0 Å². The van der Waals surface area contributed by atoms with Gasteiger partial charge in [0.15, 0.2) is 5.78 Å². The first-order chi connectivity index (χ1) is 9.65. The predicted molar refractivity (Wildman–Crippen MR) is 90.3 cm³/mol. The molecule has 0 aliphatic heterocycles. The van der Waals surface area contributed by atoms with Gasteiger partial charge >= 0.3 is 0 Å². The van der Waals surface area contributed by atoms with Gasteiger partial charge in [0, 0.05) is 10.7 Å². The Hall–Kier alpha value is -1.55. The monoisotopic (exact) mass is 324 g/mol. The Morgan fingerprint density at radius 2 is 1.71 bits per heavy atom. The SMILES string of the molecule is Cl.NC(Cc1ccc(Cl)cc1)C(=O)CNc1ccccc1. The molecule has 5 heteroatoms. The Morgan fingerprint density at radius 3 is 2.33 bits per heavy atom. The maximum Gasteiger partial charge on any atom is 0.168 e. The fourth-order valence-corrected chi connectivity index (χ4v) is 1.99. The molecule has 3 N–H and O–H groups in total. The molecular weight excluding hydrogens is 307 g/mol. The number of nitrogens with one attached hydrogen (secondary N) is 1. The fraction of sp³-hybridized carbons (Fsp3) is 0.188. The van der Waals surface area contributed by atoms with E-state index in [1.165, 1.54) is 0 Å². The molecule has 0 aliphatic rings. The summed E-state index contributed by atoms with van der Waals surface area (Å²) in [6, 6.07) is 16.5. The van der Waals surface area contributed by atoms with Crippen molar-refractivity contribution in [2.75, 3.05) is 11.9 Å². The lowest BCUT2D eigenvalue weighted by Crippen LogP contribution is -2.36. The first-order valence-electron chi connectivity index (χ1n) is 6.47. The van der Waals surface area contributed by atoms with Gasteiger partial charge in [-0.2, -0.15) is 0 Å². The number of carbonyl (C=O) groups is 1. The highest BCUT2D eigenvalue weighted by molar-refractivity contribution is 6.30. The van der Waals surface area contributed by atoms with Crippen molar-refractivity contribution in [1.82, 2.24) is 0 Å². The number of carbonyl (C=O) groups excluding carboxylic acids is 1. The fourth-order valence-electron chi connectivity index (χ4n) is 1.86. The normalized spacial score (nSPS) is 11.3. The van der Waals surface area contributed by atoms with Gasteiger partial charge in [-0.3, -0.25) is 4.79 Å². The average Bonchev–Trinajstić information content (AvgIpc) is 2.48. The van der Waals surface area contributed by atoms with E-state index in [1.54, 1.807) is 12.1 Å². The molecule has 1 unspecified atom stereocenters. The van der Waals surface area contributed by atoms with Gasteiger partial charge < -0.3 is 11.1 Å². The van der Waals surface area contributed by atoms with Crippen LogP contribution in [0.1, 0.15) is 5.56 Å². The number of hydrogen-bond donors (Lipinski definition) is 2. The lowest BCUT2D eigenvalue weighted by Gasteiger charge is -2.12. The molecule has 112 valence electrons. The van der Waals surface area contributed by atoms with Crippen LogP contribution in [0, 0.1) is 0 Å². The summed E-state index contributed by atoms with van der Waals surface area (Å²) in [5, 5.41) is 3.75. The Bertz CT molecular complexity index is 558. The number of ketones is 1. The van der Waals surface area contributed by atoms with Crippen LogP contribution in [-0.2, 0) is 11.2 Å². The number of nitrogens with two attached hydrogens (primary N) is 1. The predicted octanol–water partition coefficient (Wildman–Crippen LogP) is 3.31. The molecule has 0 fully saturated rings. The molecule has 2 rings (SSSR count). The molecule has 0 radical (unpaired) electrons. The molecule has 0 aliphatic carbocycles. The molecule has 1 atom stereocenters. The van der Waals surface area contributed by atoms with Crippen molar-refractivity contribution in [3.63, 3.8) is 0 Å². The third-order valence-electron chi connectivity index (χ3n) is 3.02. The molecule has 2 aromatic carbocycles. The van der Waals surface area contributed by atoms with E-state index in [-0.39, 0.29) is 24.7 Å². The summed E-state index contributed by atoms with van der Waals surface area (Å²) in [6.07, 6.45) is 0.520. The van der Waals surface area contributed by atoms with E-state index in [0.29, 0.717) is 11.4 Å².